The number of likely N-dealkylation sites (N-methyl/N-ethyl adjacent to an activating group) is 1. The Morgan fingerprint density at radius 1 is 1.08 bits per heavy atom. The van der Waals surface area contributed by atoms with Gasteiger partial charge >= 0.3 is 5.97 Å². The molecule has 0 saturated heterocycles. The number of carbonyl (C=O) groups excluding carboxylic acids is 2. The highest BCUT2D eigenvalue weighted by atomic mass is 35.5. The number of aryl methyl sites for hydroxylation is 1. The van der Waals surface area contributed by atoms with E-state index in [1.54, 1.807) is 20.1 Å². The molecule has 1 aliphatic rings. The molecule has 198 valence electrons. The Kier molecular flexibility index (Phi) is 7.99. The molecule has 0 fully saturated rings. The van der Waals surface area contributed by atoms with Gasteiger partial charge < -0.3 is 29.5 Å². The number of hydrogen-bond acceptors (Lipinski definition) is 7. The number of anilines is 2. The lowest BCUT2D eigenvalue weighted by Gasteiger charge is -2.33. The van der Waals surface area contributed by atoms with Crippen LogP contribution in [-0.2, 0) is 4.79 Å². The highest BCUT2D eigenvalue weighted by molar-refractivity contribution is 6.40. The van der Waals surface area contributed by atoms with Gasteiger partial charge in [0.05, 0.1) is 35.0 Å². The molecule has 4 rings (SSSR count). The quantitative estimate of drug-likeness (QED) is 0.289. The largest absolute Gasteiger partial charge is 0.497 e. The first-order valence-electron chi connectivity index (χ1n) is 11.4. The second-order valence-corrected chi connectivity index (χ2v) is 9.46. The topological polar surface area (TPSA) is 114 Å². The summed E-state index contributed by atoms with van der Waals surface area (Å²) in [5, 5.41) is 11.9. The molecule has 3 aromatic carbocycles. The minimum Gasteiger partial charge on any atom is -0.497 e. The van der Waals surface area contributed by atoms with Crippen LogP contribution in [0.4, 0.5) is 11.4 Å². The highest BCUT2D eigenvalue weighted by Gasteiger charge is 2.25. The van der Waals surface area contributed by atoms with Gasteiger partial charge in [-0.25, -0.2) is 4.79 Å². The van der Waals surface area contributed by atoms with Gasteiger partial charge in [-0.05, 0) is 42.8 Å². The van der Waals surface area contributed by atoms with Crippen LogP contribution in [0.3, 0.4) is 0 Å². The van der Waals surface area contributed by atoms with Crippen LogP contribution >= 0.6 is 23.2 Å². The Bertz CT molecular complexity index is 1430. The van der Waals surface area contributed by atoms with Gasteiger partial charge in [-0.1, -0.05) is 29.3 Å². The molecular formula is C27H24Cl2N2O7. The summed E-state index contributed by atoms with van der Waals surface area (Å²) in [6.45, 7) is 2.35. The van der Waals surface area contributed by atoms with Crippen molar-refractivity contribution < 1.29 is 33.7 Å². The lowest BCUT2D eigenvalue weighted by Crippen LogP contribution is -2.41. The third-order valence-electron chi connectivity index (χ3n) is 5.97. The summed E-state index contributed by atoms with van der Waals surface area (Å²) < 4.78 is 17.2. The Morgan fingerprint density at radius 3 is 2.55 bits per heavy atom. The van der Waals surface area contributed by atoms with Gasteiger partial charge in [0.15, 0.2) is 0 Å². The monoisotopic (exact) mass is 558 g/mol. The van der Waals surface area contributed by atoms with Crippen LogP contribution in [0.2, 0.25) is 10.0 Å². The number of carboxylic acids is 1. The molecule has 38 heavy (non-hydrogen) atoms. The maximum Gasteiger partial charge on any atom is 0.377 e. The summed E-state index contributed by atoms with van der Waals surface area (Å²) in [7, 11) is 3.54. The summed E-state index contributed by atoms with van der Waals surface area (Å²) in [5.74, 6) is -1.62. The zero-order valence-electron chi connectivity index (χ0n) is 20.7. The predicted molar refractivity (Wildman–Crippen MR) is 144 cm³/mol. The van der Waals surface area contributed by atoms with E-state index in [-0.39, 0.29) is 45.3 Å². The van der Waals surface area contributed by atoms with Crippen molar-refractivity contribution in [1.82, 2.24) is 0 Å². The Labute approximate surface area is 228 Å². The van der Waals surface area contributed by atoms with E-state index in [0.717, 1.165) is 5.69 Å². The Balaban J connectivity index is 1.45. The van der Waals surface area contributed by atoms with Crippen molar-refractivity contribution in [1.29, 1.82) is 0 Å². The number of fused-ring (bicyclic) bond motifs is 1. The first-order valence-corrected chi connectivity index (χ1v) is 12.2. The molecule has 1 atom stereocenters. The number of hydrogen-bond donors (Lipinski definition) is 2. The van der Waals surface area contributed by atoms with E-state index in [9.17, 15) is 14.4 Å². The van der Waals surface area contributed by atoms with Crippen molar-refractivity contribution in [3.63, 3.8) is 0 Å². The number of ether oxygens (including phenoxy) is 3. The molecule has 0 unspecified atom stereocenters. The number of nitrogens with one attached hydrogen (secondary N) is 1. The van der Waals surface area contributed by atoms with Crippen molar-refractivity contribution in [2.45, 2.75) is 13.0 Å². The van der Waals surface area contributed by atoms with E-state index in [0.29, 0.717) is 23.6 Å². The molecule has 11 heteroatoms. The fraction of sp³-hybridized carbons (Fsp3) is 0.222. The van der Waals surface area contributed by atoms with Crippen molar-refractivity contribution in [2.24, 2.45) is 0 Å². The zero-order chi connectivity index (χ0) is 27.6. The summed E-state index contributed by atoms with van der Waals surface area (Å²) in [5.41, 5.74) is 1.68. The second kappa shape index (κ2) is 11.2. The fourth-order valence-corrected chi connectivity index (χ4v) is 4.45. The minimum absolute atomic E-state index is 0.0279. The van der Waals surface area contributed by atoms with Crippen LogP contribution in [0.5, 0.6) is 17.2 Å². The van der Waals surface area contributed by atoms with Crippen LogP contribution in [0, 0.1) is 6.92 Å². The first-order chi connectivity index (χ1) is 18.1. The smallest absolute Gasteiger partial charge is 0.377 e. The number of carboxylic acid groups (broad SMARTS) is 1. The maximum atomic E-state index is 12.9. The molecule has 3 aromatic rings. The number of nitrogens with zero attached hydrogens (tertiary/aromatic N) is 1. The lowest BCUT2D eigenvalue weighted by molar-refractivity contribution is -0.131. The third kappa shape index (κ3) is 5.79. The Morgan fingerprint density at radius 2 is 1.84 bits per heavy atom. The van der Waals surface area contributed by atoms with E-state index >= 15 is 0 Å². The van der Waals surface area contributed by atoms with Gasteiger partial charge in [-0.15, -0.1) is 0 Å². The summed E-state index contributed by atoms with van der Waals surface area (Å²) in [6.07, 6.45) is -0.304. The van der Waals surface area contributed by atoms with Crippen molar-refractivity contribution in [3.05, 3.63) is 75.3 Å². The second-order valence-electron chi connectivity index (χ2n) is 8.65. The van der Waals surface area contributed by atoms with Crippen molar-refractivity contribution in [2.75, 3.05) is 37.5 Å². The summed E-state index contributed by atoms with van der Waals surface area (Å²) in [4.78, 5) is 37.9. The molecule has 1 amide bonds. The van der Waals surface area contributed by atoms with E-state index in [4.69, 9.17) is 42.5 Å². The number of ketones is 1. The van der Waals surface area contributed by atoms with Crippen LogP contribution < -0.4 is 24.4 Å². The number of rotatable bonds is 8. The van der Waals surface area contributed by atoms with E-state index < -0.39 is 17.7 Å². The molecule has 0 spiro atoms. The molecule has 0 radical (unpaired) electrons. The summed E-state index contributed by atoms with van der Waals surface area (Å²) >= 11 is 12.8. The molecule has 2 N–H and O–H groups in total. The van der Waals surface area contributed by atoms with E-state index in [1.807, 2.05) is 25.2 Å². The van der Waals surface area contributed by atoms with Crippen LogP contribution in [-0.4, -0.2) is 56.2 Å². The number of carbonyl (C=O) groups is 3. The normalized spacial score (nSPS) is 14.2. The number of Topliss-reactive ketones (excluding diaryl/α,β-unsaturated/α-hetero) is 1. The van der Waals surface area contributed by atoms with Gasteiger partial charge in [0.25, 0.3) is 11.7 Å². The van der Waals surface area contributed by atoms with Crippen LogP contribution in [0.25, 0.3) is 0 Å². The first kappa shape index (κ1) is 27.1. The standard InChI is InChI=1S/C27H24Cl2N2O7/c1-14-4-5-15(8-18(14)25(32)27(34)35)30-26(33)19-10-21(29)23(11-20(19)28)37-13-17-12-31(2)22-7-6-16(36-3)9-24(22)38-17/h4-11,17H,12-13H2,1-3H3,(H,30,33)(H,34,35)/t17-/m0/s1. The summed E-state index contributed by atoms with van der Waals surface area (Å²) in [6, 6.07) is 12.8. The van der Waals surface area contributed by atoms with Crippen LogP contribution in [0.15, 0.2) is 48.5 Å². The molecule has 9 nitrogen and oxygen atoms in total. The van der Waals surface area contributed by atoms with E-state index in [2.05, 4.69) is 10.2 Å². The van der Waals surface area contributed by atoms with Gasteiger partial charge in [0.2, 0.25) is 0 Å². The number of benzene rings is 3. The molecule has 0 aromatic heterocycles. The zero-order valence-corrected chi connectivity index (χ0v) is 22.2. The van der Waals surface area contributed by atoms with Crippen LogP contribution in [0.1, 0.15) is 26.3 Å². The number of amides is 1. The van der Waals surface area contributed by atoms with Gasteiger partial charge in [-0.3, -0.25) is 9.59 Å². The average Bonchev–Trinajstić information content (AvgIpc) is 2.89. The SMILES string of the molecule is COc1ccc2c(c1)O[C@H](COc1cc(Cl)c(C(=O)Nc3ccc(C)c(C(=O)C(=O)O)c3)cc1Cl)CN2C. The molecule has 1 heterocycles. The predicted octanol–water partition coefficient (Wildman–Crippen LogP) is 5.11. The molecular weight excluding hydrogens is 535 g/mol. The third-order valence-corrected chi connectivity index (χ3v) is 6.58. The van der Waals surface area contributed by atoms with Gasteiger partial charge in [0, 0.05) is 30.4 Å². The Hall–Kier alpha value is -3.95. The molecule has 0 bridgehead atoms. The fourth-order valence-electron chi connectivity index (χ4n) is 3.99. The number of halogens is 2. The van der Waals surface area contributed by atoms with Gasteiger partial charge in [0.1, 0.15) is 30.0 Å². The minimum atomic E-state index is -1.59. The highest BCUT2D eigenvalue weighted by Crippen LogP contribution is 2.36. The lowest BCUT2D eigenvalue weighted by atomic mass is 10.0. The molecule has 0 aliphatic carbocycles. The molecule has 0 saturated carbocycles. The average molecular weight is 559 g/mol. The molecule has 1 aliphatic heterocycles. The van der Waals surface area contributed by atoms with Crippen molar-refractivity contribution in [3.8, 4) is 17.2 Å². The number of aliphatic carboxylic acids is 1. The van der Waals surface area contributed by atoms with Crippen molar-refractivity contribution >= 4 is 52.2 Å². The number of methoxy groups -OCH3 is 1. The van der Waals surface area contributed by atoms with E-state index in [1.165, 1.54) is 24.3 Å². The van der Waals surface area contributed by atoms with Gasteiger partial charge in [-0.2, -0.15) is 0 Å². The maximum absolute atomic E-state index is 12.9.